The van der Waals surface area contributed by atoms with Gasteiger partial charge in [-0.1, -0.05) is 54.6 Å². The summed E-state index contributed by atoms with van der Waals surface area (Å²) >= 11 is 0. The lowest BCUT2D eigenvalue weighted by atomic mass is 9.98. The zero-order valence-electron chi connectivity index (χ0n) is 19.0. The first-order valence-electron chi connectivity index (χ1n) is 11.8. The van der Waals surface area contributed by atoms with Crippen molar-refractivity contribution in [1.82, 2.24) is 10.6 Å². The Bertz CT molecular complexity index is 1030. The fraction of sp³-hybridized carbons (Fsp3) is 0.370. The molecule has 34 heavy (non-hydrogen) atoms. The second kappa shape index (κ2) is 11.0. The van der Waals surface area contributed by atoms with Gasteiger partial charge in [-0.2, -0.15) is 0 Å². The van der Waals surface area contributed by atoms with Crippen LogP contribution in [0.3, 0.4) is 0 Å². The van der Waals surface area contributed by atoms with Crippen LogP contribution in [0.15, 0.2) is 60.7 Å². The van der Waals surface area contributed by atoms with E-state index in [2.05, 4.69) is 34.9 Å². The summed E-state index contributed by atoms with van der Waals surface area (Å²) in [7, 11) is 0. The van der Waals surface area contributed by atoms with Crippen molar-refractivity contribution >= 4 is 18.0 Å². The molecule has 2 atom stereocenters. The minimum Gasteiger partial charge on any atom is -0.478 e. The second-order valence-electron chi connectivity index (χ2n) is 9.00. The molecule has 0 aromatic heterocycles. The summed E-state index contributed by atoms with van der Waals surface area (Å²) < 4.78 is 5.60. The van der Waals surface area contributed by atoms with Crippen LogP contribution in [0.1, 0.15) is 42.7 Å². The van der Waals surface area contributed by atoms with Gasteiger partial charge in [0.05, 0.1) is 0 Å². The molecule has 0 heterocycles. The van der Waals surface area contributed by atoms with E-state index in [0.717, 1.165) is 25.3 Å². The van der Waals surface area contributed by atoms with Crippen molar-refractivity contribution in [3.05, 3.63) is 71.8 Å². The summed E-state index contributed by atoms with van der Waals surface area (Å²) in [6.07, 6.45) is 5.21. The SMILES string of the molecule is O=C(O)/C=C/CNC(=O)CC1CCC(CNC(=O)OCC2c3ccccc3-c3ccccc32)C1. The van der Waals surface area contributed by atoms with Crippen LogP contribution in [-0.2, 0) is 14.3 Å². The maximum absolute atomic E-state index is 12.4. The van der Waals surface area contributed by atoms with Crippen molar-refractivity contribution in [3.8, 4) is 11.1 Å². The molecule has 7 heteroatoms. The number of benzene rings is 2. The summed E-state index contributed by atoms with van der Waals surface area (Å²) in [5, 5.41) is 14.2. The number of carboxylic acid groups (broad SMARTS) is 1. The number of hydrogen-bond acceptors (Lipinski definition) is 4. The number of carboxylic acids is 1. The summed E-state index contributed by atoms with van der Waals surface area (Å²) in [5.74, 6) is -0.470. The zero-order valence-corrected chi connectivity index (χ0v) is 19.0. The number of nitrogens with one attached hydrogen (secondary N) is 2. The van der Waals surface area contributed by atoms with E-state index in [1.165, 1.54) is 28.3 Å². The van der Waals surface area contributed by atoms with E-state index < -0.39 is 12.1 Å². The molecule has 3 N–H and O–H groups in total. The minimum absolute atomic E-state index is 0.0397. The molecule has 2 unspecified atom stereocenters. The predicted molar refractivity (Wildman–Crippen MR) is 128 cm³/mol. The predicted octanol–water partition coefficient (Wildman–Crippen LogP) is 4.09. The van der Waals surface area contributed by atoms with Crippen LogP contribution >= 0.6 is 0 Å². The number of alkyl carbamates (subject to hydrolysis) is 1. The summed E-state index contributed by atoms with van der Waals surface area (Å²) in [6.45, 7) is 1.05. The molecule has 2 aliphatic rings. The first-order chi connectivity index (χ1) is 16.5. The van der Waals surface area contributed by atoms with E-state index in [-0.39, 0.29) is 24.3 Å². The Balaban J connectivity index is 1.18. The van der Waals surface area contributed by atoms with E-state index in [9.17, 15) is 14.4 Å². The van der Waals surface area contributed by atoms with Gasteiger partial charge in [0.1, 0.15) is 6.61 Å². The standard InChI is InChI=1S/C27H30N2O5/c30-25(28-13-5-10-26(31)32)15-18-11-12-19(14-18)16-29-27(33)34-17-24-22-8-3-1-6-20(22)21-7-2-4-9-23(21)24/h1-10,18-19,24H,11-17H2,(H,28,30)(H,29,33)(H,31,32)/b10-5+. The molecule has 0 bridgehead atoms. The lowest BCUT2D eigenvalue weighted by Crippen LogP contribution is -2.30. The average Bonchev–Trinajstić information content (AvgIpc) is 3.41. The molecule has 2 aliphatic carbocycles. The average molecular weight is 463 g/mol. The van der Waals surface area contributed by atoms with E-state index in [4.69, 9.17) is 9.84 Å². The van der Waals surface area contributed by atoms with Gasteiger partial charge < -0.3 is 20.5 Å². The Morgan fingerprint density at radius 1 is 0.941 bits per heavy atom. The van der Waals surface area contributed by atoms with E-state index in [1.807, 2.05) is 24.3 Å². The largest absolute Gasteiger partial charge is 0.478 e. The molecule has 2 amide bonds. The van der Waals surface area contributed by atoms with Gasteiger partial charge >= 0.3 is 12.1 Å². The van der Waals surface area contributed by atoms with Gasteiger partial charge in [-0.3, -0.25) is 4.79 Å². The highest BCUT2D eigenvalue weighted by molar-refractivity contribution is 5.80. The Labute approximate surface area is 199 Å². The Morgan fingerprint density at radius 3 is 2.26 bits per heavy atom. The number of carbonyl (C=O) groups is 3. The van der Waals surface area contributed by atoms with Crippen molar-refractivity contribution in [3.63, 3.8) is 0 Å². The number of fused-ring (bicyclic) bond motifs is 3. The van der Waals surface area contributed by atoms with Crippen molar-refractivity contribution in [2.24, 2.45) is 11.8 Å². The zero-order chi connectivity index (χ0) is 23.9. The monoisotopic (exact) mass is 462 g/mol. The van der Waals surface area contributed by atoms with Gasteiger partial charge in [-0.15, -0.1) is 0 Å². The molecule has 1 saturated carbocycles. The Kier molecular flexibility index (Phi) is 7.62. The van der Waals surface area contributed by atoms with Crippen LogP contribution in [0, 0.1) is 11.8 Å². The number of hydrogen-bond donors (Lipinski definition) is 3. The molecule has 0 saturated heterocycles. The van der Waals surface area contributed by atoms with Gasteiger partial charge in [0.25, 0.3) is 0 Å². The molecule has 1 fully saturated rings. The lowest BCUT2D eigenvalue weighted by molar-refractivity contribution is -0.131. The number of carbonyl (C=O) groups excluding carboxylic acids is 2. The maximum Gasteiger partial charge on any atom is 0.407 e. The fourth-order valence-corrected chi connectivity index (χ4v) is 5.09. The highest BCUT2D eigenvalue weighted by Gasteiger charge is 2.30. The molecular weight excluding hydrogens is 432 g/mol. The molecule has 0 aliphatic heterocycles. The molecule has 7 nitrogen and oxygen atoms in total. The maximum atomic E-state index is 12.4. The Morgan fingerprint density at radius 2 is 1.59 bits per heavy atom. The van der Waals surface area contributed by atoms with E-state index in [0.29, 0.717) is 25.5 Å². The van der Waals surface area contributed by atoms with Crippen LogP contribution in [0.4, 0.5) is 4.79 Å². The first kappa shape index (κ1) is 23.5. The van der Waals surface area contributed by atoms with Crippen molar-refractivity contribution in [2.75, 3.05) is 19.7 Å². The fourth-order valence-electron chi connectivity index (χ4n) is 5.09. The molecule has 0 radical (unpaired) electrons. The second-order valence-corrected chi connectivity index (χ2v) is 9.00. The lowest BCUT2D eigenvalue weighted by Gasteiger charge is -2.16. The van der Waals surface area contributed by atoms with Crippen LogP contribution in [0.25, 0.3) is 11.1 Å². The highest BCUT2D eigenvalue weighted by Crippen LogP contribution is 2.44. The summed E-state index contributed by atoms with van der Waals surface area (Å²) in [4.78, 5) is 34.8. The smallest absolute Gasteiger partial charge is 0.407 e. The molecule has 2 aromatic rings. The summed E-state index contributed by atoms with van der Waals surface area (Å²) in [6, 6.07) is 16.5. The summed E-state index contributed by atoms with van der Waals surface area (Å²) in [5.41, 5.74) is 4.77. The molecule has 4 rings (SSSR count). The normalized spacial score (nSPS) is 18.9. The molecule has 0 spiro atoms. The first-order valence-corrected chi connectivity index (χ1v) is 11.8. The quantitative estimate of drug-likeness (QED) is 0.487. The highest BCUT2D eigenvalue weighted by atomic mass is 16.5. The van der Waals surface area contributed by atoms with Gasteiger partial charge in [-0.25, -0.2) is 9.59 Å². The van der Waals surface area contributed by atoms with Gasteiger partial charge in [0, 0.05) is 31.5 Å². The van der Waals surface area contributed by atoms with E-state index >= 15 is 0 Å². The number of aliphatic carboxylic acids is 1. The topological polar surface area (TPSA) is 105 Å². The van der Waals surface area contributed by atoms with Gasteiger partial charge in [-0.05, 0) is 53.4 Å². The van der Waals surface area contributed by atoms with Crippen LogP contribution in [-0.4, -0.2) is 42.8 Å². The van der Waals surface area contributed by atoms with Crippen LogP contribution in [0.5, 0.6) is 0 Å². The molecule has 2 aromatic carbocycles. The van der Waals surface area contributed by atoms with Crippen LogP contribution < -0.4 is 10.6 Å². The minimum atomic E-state index is -1.03. The van der Waals surface area contributed by atoms with Crippen LogP contribution in [0.2, 0.25) is 0 Å². The van der Waals surface area contributed by atoms with Crippen molar-refractivity contribution < 1.29 is 24.2 Å². The van der Waals surface area contributed by atoms with Gasteiger partial charge in [0.15, 0.2) is 0 Å². The third-order valence-corrected chi connectivity index (χ3v) is 6.68. The third-order valence-electron chi connectivity index (χ3n) is 6.68. The number of rotatable bonds is 9. The van der Waals surface area contributed by atoms with Crippen molar-refractivity contribution in [1.29, 1.82) is 0 Å². The van der Waals surface area contributed by atoms with E-state index in [1.54, 1.807) is 0 Å². The number of ether oxygens (including phenoxy) is 1. The van der Waals surface area contributed by atoms with Crippen molar-refractivity contribution in [2.45, 2.75) is 31.6 Å². The Hall–Kier alpha value is -3.61. The third kappa shape index (κ3) is 5.84. The van der Waals surface area contributed by atoms with Gasteiger partial charge in [0.2, 0.25) is 5.91 Å². The number of amides is 2. The molecular formula is C27H30N2O5. The molecule has 178 valence electrons.